The van der Waals surface area contributed by atoms with E-state index in [1.54, 1.807) is 31.4 Å². The number of hydrogen-bond donors (Lipinski definition) is 2. The second-order valence-corrected chi connectivity index (χ2v) is 8.76. The van der Waals surface area contributed by atoms with Crippen LogP contribution in [0.3, 0.4) is 0 Å². The first-order chi connectivity index (χ1) is 13.6. The third-order valence-electron chi connectivity index (χ3n) is 5.17. The zero-order valence-corrected chi connectivity index (χ0v) is 16.8. The van der Waals surface area contributed by atoms with Gasteiger partial charge in [-0.15, -0.1) is 0 Å². The number of H-pyrrole nitrogens is 1. The first kappa shape index (κ1) is 19.5. The molecule has 2 aliphatic rings. The zero-order valence-electron chi connectivity index (χ0n) is 16.8. The molecule has 1 amide bonds. The summed E-state index contributed by atoms with van der Waals surface area (Å²) < 4.78 is 21.6. The Balaban J connectivity index is 1.61. The molecule has 1 saturated heterocycles. The molecule has 9 heteroatoms. The molecule has 29 heavy (non-hydrogen) atoms. The van der Waals surface area contributed by atoms with E-state index < -0.39 is 28.8 Å². The third kappa shape index (κ3) is 3.99. The van der Waals surface area contributed by atoms with Crippen LogP contribution in [0.5, 0.6) is 0 Å². The van der Waals surface area contributed by atoms with Gasteiger partial charge in [0.05, 0.1) is 22.6 Å². The topological polar surface area (TPSA) is 96.4 Å². The summed E-state index contributed by atoms with van der Waals surface area (Å²) in [6, 6.07) is 2.64. The quantitative estimate of drug-likeness (QED) is 0.818. The van der Waals surface area contributed by atoms with Crippen LogP contribution in [-0.2, 0) is 4.74 Å². The zero-order chi connectivity index (χ0) is 20.9. The molecule has 1 aliphatic heterocycles. The van der Waals surface area contributed by atoms with Crippen molar-refractivity contribution in [3.05, 3.63) is 38.8 Å². The van der Waals surface area contributed by atoms with E-state index >= 15 is 0 Å². The van der Waals surface area contributed by atoms with Gasteiger partial charge in [0.15, 0.2) is 0 Å². The van der Waals surface area contributed by atoms with Crippen molar-refractivity contribution in [2.75, 3.05) is 18.0 Å². The van der Waals surface area contributed by atoms with E-state index in [0.29, 0.717) is 30.7 Å². The Kier molecular flexibility index (Phi) is 4.63. The summed E-state index contributed by atoms with van der Waals surface area (Å²) in [6.45, 7) is 6.33. The molecule has 0 spiro atoms. The number of nitrogens with zero attached hydrogens (tertiary/aromatic N) is 2. The number of rotatable bonds is 3. The summed E-state index contributed by atoms with van der Waals surface area (Å²) in [6.07, 6.45) is 1.86. The Bertz CT molecular complexity index is 1080. The number of anilines is 1. The molecular weight excluding hydrogens is 379 g/mol. The minimum Gasteiger partial charge on any atom is -0.444 e. The molecule has 2 N–H and O–H groups in total. The van der Waals surface area contributed by atoms with Crippen LogP contribution in [0.15, 0.2) is 21.7 Å². The van der Waals surface area contributed by atoms with Crippen molar-refractivity contribution in [1.29, 1.82) is 0 Å². The van der Waals surface area contributed by atoms with Crippen molar-refractivity contribution in [3.63, 3.8) is 0 Å². The fourth-order valence-corrected chi connectivity index (χ4v) is 3.77. The Morgan fingerprint density at radius 1 is 1.24 bits per heavy atom. The number of carbonyl (C=O) groups is 1. The molecule has 1 saturated carbocycles. The summed E-state index contributed by atoms with van der Waals surface area (Å²) in [5, 5.41) is 2.98. The lowest BCUT2D eigenvalue weighted by Gasteiger charge is -2.23. The SMILES string of the molecule is CC(C)(C)OC(=O)N[C@H]1CCN(c2cc3c(cc2F)c(=O)[nH]c(=O)n3C2CC2)C1. The van der Waals surface area contributed by atoms with E-state index in [0.717, 1.165) is 12.8 Å². The first-order valence-electron chi connectivity index (χ1n) is 9.85. The molecule has 2 aromatic rings. The Morgan fingerprint density at radius 3 is 2.62 bits per heavy atom. The highest BCUT2D eigenvalue weighted by Gasteiger charge is 2.30. The molecule has 0 bridgehead atoms. The van der Waals surface area contributed by atoms with E-state index in [-0.39, 0.29) is 17.5 Å². The van der Waals surface area contributed by atoms with Crippen molar-refractivity contribution in [2.24, 2.45) is 0 Å². The summed E-state index contributed by atoms with van der Waals surface area (Å²) in [5.41, 5.74) is -0.870. The first-order valence-corrected chi connectivity index (χ1v) is 9.85. The maximum absolute atomic E-state index is 14.8. The highest BCUT2D eigenvalue weighted by Crippen LogP contribution is 2.36. The maximum Gasteiger partial charge on any atom is 0.407 e. The Labute approximate surface area is 166 Å². The van der Waals surface area contributed by atoms with Crippen molar-refractivity contribution in [3.8, 4) is 0 Å². The smallest absolute Gasteiger partial charge is 0.407 e. The average molecular weight is 404 g/mol. The minimum atomic E-state index is -0.591. The number of alkyl carbamates (subject to hydrolysis) is 1. The van der Waals surface area contributed by atoms with Crippen molar-refractivity contribution in [1.82, 2.24) is 14.9 Å². The Morgan fingerprint density at radius 2 is 1.97 bits per heavy atom. The summed E-state index contributed by atoms with van der Waals surface area (Å²) in [4.78, 5) is 40.5. The molecule has 1 atom stereocenters. The molecular formula is C20H25FN4O4. The lowest BCUT2D eigenvalue weighted by Crippen LogP contribution is -2.40. The molecule has 4 rings (SSSR count). The highest BCUT2D eigenvalue weighted by molar-refractivity contribution is 5.82. The largest absolute Gasteiger partial charge is 0.444 e. The minimum absolute atomic E-state index is 0.0420. The Hall–Kier alpha value is -2.84. The van der Waals surface area contributed by atoms with Gasteiger partial charge >= 0.3 is 11.8 Å². The van der Waals surface area contributed by atoms with E-state index in [9.17, 15) is 18.8 Å². The van der Waals surface area contributed by atoms with Crippen molar-refractivity contribution in [2.45, 2.75) is 57.7 Å². The number of amides is 1. The summed E-state index contributed by atoms with van der Waals surface area (Å²) in [5.74, 6) is -0.526. The molecule has 1 aromatic carbocycles. The van der Waals surface area contributed by atoms with Gasteiger partial charge in [-0.3, -0.25) is 14.3 Å². The lowest BCUT2D eigenvalue weighted by molar-refractivity contribution is 0.0509. The van der Waals surface area contributed by atoms with Crippen LogP contribution < -0.4 is 21.5 Å². The van der Waals surface area contributed by atoms with Crippen LogP contribution in [0, 0.1) is 5.82 Å². The van der Waals surface area contributed by atoms with Gasteiger partial charge in [0.2, 0.25) is 0 Å². The van der Waals surface area contributed by atoms with Crippen LogP contribution in [0.1, 0.15) is 46.1 Å². The molecule has 2 fully saturated rings. The van der Waals surface area contributed by atoms with E-state index in [1.165, 1.54) is 6.07 Å². The second-order valence-electron chi connectivity index (χ2n) is 8.76. The molecule has 156 valence electrons. The predicted molar refractivity (Wildman–Crippen MR) is 107 cm³/mol. The normalized spacial score (nSPS) is 19.6. The van der Waals surface area contributed by atoms with Crippen LogP contribution in [0.4, 0.5) is 14.9 Å². The van der Waals surface area contributed by atoms with Crippen LogP contribution >= 0.6 is 0 Å². The van der Waals surface area contributed by atoms with Gasteiger partial charge in [-0.1, -0.05) is 0 Å². The number of aromatic amines is 1. The monoisotopic (exact) mass is 404 g/mol. The average Bonchev–Trinajstić information content (AvgIpc) is 3.32. The van der Waals surface area contributed by atoms with Crippen molar-refractivity contribution < 1.29 is 13.9 Å². The number of aromatic nitrogens is 2. The van der Waals surface area contributed by atoms with Gasteiger partial charge in [0.1, 0.15) is 11.4 Å². The fourth-order valence-electron chi connectivity index (χ4n) is 3.77. The number of ether oxygens (including phenoxy) is 1. The van der Waals surface area contributed by atoms with Gasteiger partial charge in [-0.05, 0) is 52.2 Å². The van der Waals surface area contributed by atoms with Gasteiger partial charge in [-0.25, -0.2) is 14.0 Å². The summed E-state index contributed by atoms with van der Waals surface area (Å²) >= 11 is 0. The summed E-state index contributed by atoms with van der Waals surface area (Å²) in [7, 11) is 0. The standard InChI is InChI=1S/C20H25FN4O4/c1-20(2,3)29-19(28)22-11-6-7-24(10-11)16-9-15-13(8-14(16)21)17(26)23-18(27)25(15)12-4-5-12/h8-9,11-12H,4-7,10H2,1-3H3,(H,22,28)(H,23,26,27)/t11-/m0/s1. The van der Waals surface area contributed by atoms with E-state index in [4.69, 9.17) is 4.74 Å². The number of halogens is 1. The van der Waals surface area contributed by atoms with Crippen molar-refractivity contribution >= 4 is 22.7 Å². The molecule has 2 heterocycles. The molecule has 8 nitrogen and oxygen atoms in total. The van der Waals surface area contributed by atoms with E-state index in [1.807, 2.05) is 4.90 Å². The molecule has 0 radical (unpaired) electrons. The molecule has 1 aromatic heterocycles. The fraction of sp³-hybridized carbons (Fsp3) is 0.550. The molecule has 1 aliphatic carbocycles. The number of benzene rings is 1. The molecule has 0 unspecified atom stereocenters. The number of nitrogens with one attached hydrogen (secondary N) is 2. The van der Waals surface area contributed by atoms with Gasteiger partial charge in [-0.2, -0.15) is 0 Å². The van der Waals surface area contributed by atoms with Crippen LogP contribution in [-0.4, -0.2) is 40.4 Å². The lowest BCUT2D eigenvalue weighted by atomic mass is 10.2. The number of carbonyl (C=O) groups excluding carboxylic acids is 1. The van der Waals surface area contributed by atoms with Crippen LogP contribution in [0.2, 0.25) is 0 Å². The third-order valence-corrected chi connectivity index (χ3v) is 5.17. The predicted octanol–water partition coefficient (Wildman–Crippen LogP) is 2.27. The van der Waals surface area contributed by atoms with Gasteiger partial charge < -0.3 is 15.0 Å². The number of hydrogen-bond acceptors (Lipinski definition) is 5. The number of fused-ring (bicyclic) bond motifs is 1. The van der Waals surface area contributed by atoms with E-state index in [2.05, 4.69) is 10.3 Å². The second kappa shape index (κ2) is 6.89. The van der Waals surface area contributed by atoms with Gasteiger partial charge in [0, 0.05) is 19.1 Å². The maximum atomic E-state index is 14.8. The highest BCUT2D eigenvalue weighted by atomic mass is 19.1. The van der Waals surface area contributed by atoms with Crippen LogP contribution in [0.25, 0.3) is 10.9 Å². The van der Waals surface area contributed by atoms with Gasteiger partial charge in [0.25, 0.3) is 5.56 Å².